The van der Waals surface area contributed by atoms with Crippen LogP contribution in [-0.4, -0.2) is 26.9 Å². The first-order chi connectivity index (χ1) is 17.3. The Balaban J connectivity index is 1.63. The van der Waals surface area contributed by atoms with Crippen molar-refractivity contribution in [2.45, 2.75) is 36.0 Å². The molecule has 4 heteroatoms. The van der Waals surface area contributed by atoms with Crippen LogP contribution in [0.25, 0.3) is 16.3 Å². The fourth-order valence-corrected chi connectivity index (χ4v) is 14.8. The zero-order chi connectivity index (χ0) is 25.4. The Morgan fingerprint density at radius 2 is 1.00 bits per heavy atom. The van der Waals surface area contributed by atoms with Crippen LogP contribution in [0.1, 0.15) is 5.56 Å². The van der Waals surface area contributed by atoms with Crippen molar-refractivity contribution >= 4 is 44.9 Å². The van der Waals surface area contributed by atoms with Crippen LogP contribution in [0.4, 0.5) is 0 Å². The summed E-state index contributed by atoms with van der Waals surface area (Å²) in [4.78, 5) is 2.74. The second-order valence-corrected chi connectivity index (χ2v) is 23.0. The predicted molar refractivity (Wildman–Crippen MR) is 169 cm³/mol. The van der Waals surface area contributed by atoms with Crippen molar-refractivity contribution in [3.63, 3.8) is 0 Å². The molecule has 0 aromatic heterocycles. The Morgan fingerprint density at radius 1 is 0.556 bits per heavy atom. The fraction of sp³-hybridized carbons (Fsp3) is 0.188. The summed E-state index contributed by atoms with van der Waals surface area (Å²) in [7, 11) is -3.32. The van der Waals surface area contributed by atoms with Gasteiger partial charge in [-0.1, -0.05) is 128 Å². The van der Waals surface area contributed by atoms with Gasteiger partial charge in [-0.15, -0.1) is 23.5 Å². The molecule has 0 heterocycles. The molecule has 0 spiro atoms. The molecule has 184 valence electrons. The van der Waals surface area contributed by atoms with Crippen molar-refractivity contribution in [1.29, 1.82) is 0 Å². The molecule has 0 nitrogen and oxygen atoms in total. The minimum atomic E-state index is -1.72. The Hall–Kier alpha value is -2.25. The molecule has 0 bridgehead atoms. The minimum Gasteiger partial charge on any atom is -0.129 e. The summed E-state index contributed by atoms with van der Waals surface area (Å²) in [5.74, 6) is 0. The second-order valence-electron chi connectivity index (χ2n) is 10.6. The molecule has 0 aliphatic heterocycles. The molecule has 36 heavy (non-hydrogen) atoms. The van der Waals surface area contributed by atoms with E-state index in [0.29, 0.717) is 0 Å². The molecule has 4 aromatic rings. The Morgan fingerprint density at radius 3 is 1.53 bits per heavy atom. The maximum absolute atomic E-state index is 2.73. The maximum atomic E-state index is 2.73. The molecule has 4 rings (SSSR count). The number of benzene rings is 4. The zero-order valence-corrected chi connectivity index (χ0v) is 25.4. The van der Waals surface area contributed by atoms with Gasteiger partial charge in [0.05, 0.1) is 16.1 Å². The molecule has 0 radical (unpaired) electrons. The number of thioether (sulfide) groups is 2. The van der Waals surface area contributed by atoms with Crippen molar-refractivity contribution in [3.8, 4) is 11.1 Å². The molecule has 0 saturated heterocycles. The third kappa shape index (κ3) is 7.63. The van der Waals surface area contributed by atoms with Crippen molar-refractivity contribution < 1.29 is 0 Å². The van der Waals surface area contributed by atoms with E-state index in [-0.39, 0.29) is 0 Å². The number of rotatable bonds is 10. The summed E-state index contributed by atoms with van der Waals surface area (Å²) >= 11 is 4.03. The first-order valence-corrected chi connectivity index (χ1v) is 21.0. The van der Waals surface area contributed by atoms with Crippen molar-refractivity contribution in [1.82, 2.24) is 0 Å². The molecule has 0 aliphatic carbocycles. The topological polar surface area (TPSA) is 0 Å². The molecule has 0 unspecified atom stereocenters. The molecule has 0 N–H and O–H groups in total. The first-order valence-electron chi connectivity index (χ1n) is 12.6. The predicted octanol–water partition coefficient (Wildman–Crippen LogP) is 9.90. The maximum Gasteiger partial charge on any atom is 0.0906 e. The average Bonchev–Trinajstić information content (AvgIpc) is 2.91. The minimum absolute atomic E-state index is 1.18. The quantitative estimate of drug-likeness (QED) is 0.145. The molecule has 0 amide bonds. The van der Waals surface area contributed by atoms with Gasteiger partial charge in [0.25, 0.3) is 0 Å². The van der Waals surface area contributed by atoms with Crippen LogP contribution >= 0.6 is 23.5 Å². The molecule has 0 fully saturated rings. The normalized spacial score (nSPS) is 12.5. The lowest BCUT2D eigenvalue weighted by Gasteiger charge is -2.30. The lowest BCUT2D eigenvalue weighted by Crippen LogP contribution is -2.36. The van der Waals surface area contributed by atoms with Crippen molar-refractivity contribution in [2.24, 2.45) is 0 Å². The summed E-state index contributed by atoms with van der Waals surface area (Å²) in [5, 5.41) is 3.99. The highest BCUT2D eigenvalue weighted by Gasteiger charge is 2.31. The third-order valence-corrected chi connectivity index (χ3v) is 17.7. The van der Waals surface area contributed by atoms with Crippen LogP contribution < -0.4 is 0 Å². The van der Waals surface area contributed by atoms with E-state index in [1.54, 1.807) is 5.20 Å². The third-order valence-electron chi connectivity index (χ3n) is 6.26. The van der Waals surface area contributed by atoms with Gasteiger partial charge in [-0.3, -0.25) is 0 Å². The van der Waals surface area contributed by atoms with Crippen LogP contribution in [0.15, 0.2) is 131 Å². The van der Waals surface area contributed by atoms with Gasteiger partial charge in [0, 0.05) is 9.79 Å². The molecule has 0 aliphatic rings. The number of hydrogen-bond acceptors (Lipinski definition) is 2. The molecule has 4 aromatic carbocycles. The molecular weight excluding hydrogens is 505 g/mol. The Kier molecular flexibility index (Phi) is 9.18. The van der Waals surface area contributed by atoms with Gasteiger partial charge in [-0.05, 0) is 51.7 Å². The highest BCUT2D eigenvalue weighted by molar-refractivity contribution is 8.01. The van der Waals surface area contributed by atoms with Crippen LogP contribution in [0.2, 0.25) is 26.2 Å². The molecule has 0 atom stereocenters. The van der Waals surface area contributed by atoms with E-state index in [1.807, 2.05) is 23.5 Å². The van der Waals surface area contributed by atoms with E-state index in [4.69, 9.17) is 0 Å². The first kappa shape index (κ1) is 26.8. The standard InChI is InChI=1S/C32H36S2Si2/c1-35(2,25-33-30-16-10-6-11-17-30)24-32(36(3,4)26-34-31-18-12-7-13-19-31)29-22-20-28(21-23-29)27-14-8-5-9-15-27/h5-24H,25-26H2,1-4H3/b32-24+. The Bertz CT molecular complexity index is 1250. The van der Waals surface area contributed by atoms with Gasteiger partial charge >= 0.3 is 0 Å². The SMILES string of the molecule is C[Si](C)(/C=C(\c1ccc(-c2ccccc2)cc1)[Si](C)(C)CSc1ccccc1)CSc1ccccc1. The van der Waals surface area contributed by atoms with Gasteiger partial charge in [-0.2, -0.15) is 0 Å². The zero-order valence-electron chi connectivity index (χ0n) is 21.8. The molecular formula is C32H36S2Si2. The summed E-state index contributed by atoms with van der Waals surface area (Å²) in [5.41, 5.74) is 6.70. The Labute approximate surface area is 228 Å². The highest BCUT2D eigenvalue weighted by atomic mass is 32.2. The largest absolute Gasteiger partial charge is 0.129 e. The van der Waals surface area contributed by atoms with Gasteiger partial charge in [-0.25, -0.2) is 0 Å². The van der Waals surface area contributed by atoms with E-state index in [0.717, 1.165) is 0 Å². The average molecular weight is 541 g/mol. The van der Waals surface area contributed by atoms with Crippen LogP contribution in [0.5, 0.6) is 0 Å². The van der Waals surface area contributed by atoms with E-state index >= 15 is 0 Å². The van der Waals surface area contributed by atoms with Gasteiger partial charge in [0.15, 0.2) is 0 Å². The lowest BCUT2D eigenvalue weighted by molar-refractivity contribution is 1.46. The van der Waals surface area contributed by atoms with Crippen molar-refractivity contribution in [3.05, 3.63) is 127 Å². The lowest BCUT2D eigenvalue weighted by atomic mass is 10.0. The van der Waals surface area contributed by atoms with Crippen molar-refractivity contribution in [2.75, 3.05) is 10.8 Å². The fourth-order valence-electron chi connectivity index (χ4n) is 4.22. The van der Waals surface area contributed by atoms with Crippen LogP contribution in [-0.2, 0) is 0 Å². The summed E-state index contributed by atoms with van der Waals surface area (Å²) in [6.07, 6.45) is 0. The van der Waals surface area contributed by atoms with Gasteiger partial charge in [0.1, 0.15) is 0 Å². The van der Waals surface area contributed by atoms with Crippen LogP contribution in [0, 0.1) is 0 Å². The summed E-state index contributed by atoms with van der Waals surface area (Å²) in [6, 6.07) is 41.8. The van der Waals surface area contributed by atoms with Gasteiger partial charge in [0.2, 0.25) is 0 Å². The van der Waals surface area contributed by atoms with E-state index in [1.165, 1.54) is 37.2 Å². The van der Waals surface area contributed by atoms with E-state index in [9.17, 15) is 0 Å². The summed E-state index contributed by atoms with van der Waals surface area (Å²) in [6.45, 7) is 10.1. The number of hydrogen-bond donors (Lipinski definition) is 0. The van der Waals surface area contributed by atoms with Gasteiger partial charge < -0.3 is 0 Å². The second kappa shape index (κ2) is 12.3. The van der Waals surface area contributed by atoms with E-state index in [2.05, 4.69) is 147 Å². The van der Waals surface area contributed by atoms with E-state index < -0.39 is 16.1 Å². The smallest absolute Gasteiger partial charge is 0.0906 e. The summed E-state index contributed by atoms with van der Waals surface area (Å²) < 4.78 is 0. The molecule has 0 saturated carbocycles. The monoisotopic (exact) mass is 540 g/mol. The van der Waals surface area contributed by atoms with Crippen LogP contribution in [0.3, 0.4) is 0 Å². The highest BCUT2D eigenvalue weighted by Crippen LogP contribution is 2.35.